The molecule has 0 unspecified atom stereocenters. The van der Waals surface area contributed by atoms with Gasteiger partial charge in [-0.25, -0.2) is 0 Å². The highest BCUT2D eigenvalue weighted by Gasteiger charge is 1.77. The topological polar surface area (TPSA) is 20.2 Å². The van der Waals surface area contributed by atoms with Crippen molar-refractivity contribution in [3.05, 3.63) is 72.3 Å². The van der Waals surface area contributed by atoms with Gasteiger partial charge >= 0.3 is 0 Å². The Balaban J connectivity index is 0.000000165. The van der Waals surface area contributed by atoms with Gasteiger partial charge < -0.3 is 5.11 Å². The van der Waals surface area contributed by atoms with E-state index in [-0.39, 0.29) is 0 Å². The van der Waals surface area contributed by atoms with E-state index in [9.17, 15) is 0 Å². The summed E-state index contributed by atoms with van der Waals surface area (Å²) in [5.74, 6) is 0.322. The van der Waals surface area contributed by atoms with Gasteiger partial charge in [-0.3, -0.25) is 0 Å². The third-order valence-corrected chi connectivity index (χ3v) is 1.91. The van der Waals surface area contributed by atoms with Crippen LogP contribution < -0.4 is 0 Å². The van der Waals surface area contributed by atoms with E-state index in [4.69, 9.17) is 5.11 Å². The summed E-state index contributed by atoms with van der Waals surface area (Å²) >= 11 is 0. The molecule has 0 aromatic heterocycles. The van der Waals surface area contributed by atoms with Crippen LogP contribution in [0, 0.1) is 0 Å². The van der Waals surface area contributed by atoms with Crippen molar-refractivity contribution in [2.45, 2.75) is 6.92 Å². The van der Waals surface area contributed by atoms with Crippen LogP contribution >= 0.6 is 0 Å². The van der Waals surface area contributed by atoms with E-state index in [0.717, 1.165) is 0 Å². The molecule has 0 aliphatic carbocycles. The number of hydrogen-bond acceptors (Lipinski definition) is 1. The van der Waals surface area contributed by atoms with Crippen LogP contribution in [0.25, 0.3) is 6.08 Å². The summed E-state index contributed by atoms with van der Waals surface area (Å²) in [7, 11) is 0. The van der Waals surface area contributed by atoms with Gasteiger partial charge in [0, 0.05) is 0 Å². The fourth-order valence-corrected chi connectivity index (χ4v) is 1.18. The van der Waals surface area contributed by atoms with Gasteiger partial charge in [-0.2, -0.15) is 0 Å². The normalized spacial score (nSPS) is 9.56. The van der Waals surface area contributed by atoms with Crippen LogP contribution in [0.5, 0.6) is 5.75 Å². The Labute approximate surface area is 96.7 Å². The maximum absolute atomic E-state index is 8.63. The van der Waals surface area contributed by atoms with Crippen molar-refractivity contribution in [2.24, 2.45) is 0 Å². The van der Waals surface area contributed by atoms with Gasteiger partial charge in [-0.1, -0.05) is 60.7 Å². The molecule has 1 heteroatoms. The predicted molar refractivity (Wildman–Crippen MR) is 69.3 cm³/mol. The van der Waals surface area contributed by atoms with Crippen molar-refractivity contribution >= 4 is 6.08 Å². The number of rotatable bonds is 1. The minimum absolute atomic E-state index is 0.322. The zero-order valence-corrected chi connectivity index (χ0v) is 9.38. The Kier molecular flexibility index (Phi) is 5.49. The Morgan fingerprint density at radius 2 is 1.31 bits per heavy atom. The largest absolute Gasteiger partial charge is 0.508 e. The molecule has 0 heterocycles. The van der Waals surface area contributed by atoms with Crippen molar-refractivity contribution in [3.63, 3.8) is 0 Å². The maximum atomic E-state index is 8.63. The zero-order valence-electron chi connectivity index (χ0n) is 9.38. The van der Waals surface area contributed by atoms with Gasteiger partial charge in [-0.05, 0) is 24.6 Å². The highest BCUT2D eigenvalue weighted by atomic mass is 16.3. The van der Waals surface area contributed by atoms with Crippen LogP contribution in [0.1, 0.15) is 12.5 Å². The third-order valence-electron chi connectivity index (χ3n) is 1.91. The highest BCUT2D eigenvalue weighted by Crippen LogP contribution is 2.02. The first-order valence-electron chi connectivity index (χ1n) is 5.24. The van der Waals surface area contributed by atoms with E-state index in [2.05, 4.69) is 18.2 Å². The van der Waals surface area contributed by atoms with Gasteiger partial charge in [-0.15, -0.1) is 0 Å². The molecule has 0 amide bonds. The molecule has 0 spiro atoms. The molecule has 82 valence electrons. The quantitative estimate of drug-likeness (QED) is 0.754. The monoisotopic (exact) mass is 212 g/mol. The molecular formula is C15H16O. The molecule has 16 heavy (non-hydrogen) atoms. The number of hydrogen-bond donors (Lipinski definition) is 1. The van der Waals surface area contributed by atoms with E-state index < -0.39 is 0 Å². The van der Waals surface area contributed by atoms with Crippen molar-refractivity contribution in [1.29, 1.82) is 0 Å². The Morgan fingerprint density at radius 1 is 0.812 bits per heavy atom. The molecular weight excluding hydrogens is 196 g/mol. The minimum atomic E-state index is 0.322. The molecule has 0 aliphatic rings. The Bertz CT molecular complexity index is 404. The SMILES string of the molecule is CC=Cc1ccccc1.Oc1ccccc1. The lowest BCUT2D eigenvalue weighted by atomic mass is 10.2. The Hall–Kier alpha value is -2.02. The number of para-hydroxylation sites is 1. The fourth-order valence-electron chi connectivity index (χ4n) is 1.18. The van der Waals surface area contributed by atoms with Crippen molar-refractivity contribution < 1.29 is 5.11 Å². The van der Waals surface area contributed by atoms with E-state index in [0.29, 0.717) is 5.75 Å². The van der Waals surface area contributed by atoms with Crippen LogP contribution in [0.2, 0.25) is 0 Å². The second kappa shape index (κ2) is 7.30. The van der Waals surface area contributed by atoms with E-state index in [1.165, 1.54) is 5.56 Å². The molecule has 0 saturated heterocycles. The average Bonchev–Trinajstić information content (AvgIpc) is 2.33. The zero-order chi connectivity index (χ0) is 11.6. The summed E-state index contributed by atoms with van der Waals surface area (Å²) in [6.45, 7) is 2.02. The summed E-state index contributed by atoms with van der Waals surface area (Å²) in [5.41, 5.74) is 1.26. The number of allylic oxidation sites excluding steroid dienone is 1. The number of phenols is 1. The molecule has 0 fully saturated rings. The van der Waals surface area contributed by atoms with E-state index >= 15 is 0 Å². The predicted octanol–water partition coefficient (Wildman–Crippen LogP) is 4.11. The first kappa shape index (κ1) is 12.1. The smallest absolute Gasteiger partial charge is 0.115 e. The molecule has 2 rings (SSSR count). The second-order valence-electron chi connectivity index (χ2n) is 3.25. The molecule has 2 aromatic carbocycles. The molecule has 1 nitrogen and oxygen atoms in total. The summed E-state index contributed by atoms with van der Waals surface area (Å²) < 4.78 is 0. The van der Waals surface area contributed by atoms with Crippen molar-refractivity contribution in [1.82, 2.24) is 0 Å². The highest BCUT2D eigenvalue weighted by molar-refractivity contribution is 5.47. The number of benzene rings is 2. The lowest BCUT2D eigenvalue weighted by Crippen LogP contribution is -1.65. The summed E-state index contributed by atoms with van der Waals surface area (Å²) in [6, 6.07) is 19.0. The molecule has 0 atom stereocenters. The molecule has 0 saturated carbocycles. The van der Waals surface area contributed by atoms with Crippen molar-refractivity contribution in [2.75, 3.05) is 0 Å². The summed E-state index contributed by atoms with van der Waals surface area (Å²) in [5, 5.41) is 8.63. The fraction of sp³-hybridized carbons (Fsp3) is 0.0667. The Morgan fingerprint density at radius 3 is 1.69 bits per heavy atom. The molecule has 1 N–H and O–H groups in total. The molecule has 2 aromatic rings. The van der Waals surface area contributed by atoms with Gasteiger partial charge in [0.25, 0.3) is 0 Å². The standard InChI is InChI=1S/C9H10.C6H6O/c1-2-6-9-7-4-3-5-8-9;7-6-4-2-1-3-5-6/h2-8H,1H3;1-5,7H. The van der Waals surface area contributed by atoms with Crippen LogP contribution in [0.4, 0.5) is 0 Å². The van der Waals surface area contributed by atoms with Gasteiger partial charge in [0.15, 0.2) is 0 Å². The molecule has 0 bridgehead atoms. The third kappa shape index (κ3) is 5.01. The van der Waals surface area contributed by atoms with Crippen LogP contribution in [0.15, 0.2) is 66.7 Å². The molecule has 0 radical (unpaired) electrons. The van der Waals surface area contributed by atoms with E-state index in [1.54, 1.807) is 24.3 Å². The van der Waals surface area contributed by atoms with Crippen LogP contribution in [-0.4, -0.2) is 5.11 Å². The van der Waals surface area contributed by atoms with Crippen molar-refractivity contribution in [3.8, 4) is 5.75 Å². The minimum Gasteiger partial charge on any atom is -0.508 e. The number of aromatic hydroxyl groups is 1. The molecule has 0 aliphatic heterocycles. The van der Waals surface area contributed by atoms with Crippen LogP contribution in [0.3, 0.4) is 0 Å². The second-order valence-corrected chi connectivity index (χ2v) is 3.25. The van der Waals surface area contributed by atoms with E-state index in [1.807, 2.05) is 37.3 Å². The summed E-state index contributed by atoms with van der Waals surface area (Å²) in [6.07, 6.45) is 4.12. The lowest BCUT2D eigenvalue weighted by molar-refractivity contribution is 0.475. The van der Waals surface area contributed by atoms with Gasteiger partial charge in [0.2, 0.25) is 0 Å². The first-order valence-corrected chi connectivity index (χ1v) is 5.24. The number of phenolic OH excluding ortho intramolecular Hbond substituents is 1. The van der Waals surface area contributed by atoms with Gasteiger partial charge in [0.1, 0.15) is 5.75 Å². The summed E-state index contributed by atoms with van der Waals surface area (Å²) in [4.78, 5) is 0. The van der Waals surface area contributed by atoms with Crippen LogP contribution in [-0.2, 0) is 0 Å². The lowest BCUT2D eigenvalue weighted by Gasteiger charge is -1.86. The maximum Gasteiger partial charge on any atom is 0.115 e. The average molecular weight is 212 g/mol. The first-order chi connectivity index (χ1) is 7.83. The van der Waals surface area contributed by atoms with Gasteiger partial charge in [0.05, 0.1) is 0 Å².